The Balaban J connectivity index is 0.000000640. The first-order valence-corrected chi connectivity index (χ1v) is 5.37. The van der Waals surface area contributed by atoms with Crippen LogP contribution in [0.3, 0.4) is 0 Å². The number of anilines is 1. The second-order valence-electron chi connectivity index (χ2n) is 4.52. The molecule has 2 bridgehead atoms. The lowest BCUT2D eigenvalue weighted by molar-refractivity contribution is 0.281. The fourth-order valence-corrected chi connectivity index (χ4v) is 2.80. The Labute approximate surface area is 108 Å². The van der Waals surface area contributed by atoms with Crippen LogP contribution in [-0.2, 0) is 0 Å². The highest BCUT2D eigenvalue weighted by Crippen LogP contribution is 2.33. The van der Waals surface area contributed by atoms with Crippen LogP contribution in [0.2, 0.25) is 0 Å². The number of hydrogen-bond donors (Lipinski definition) is 2. The fourth-order valence-electron chi connectivity index (χ4n) is 2.80. The van der Waals surface area contributed by atoms with Crippen molar-refractivity contribution < 1.29 is 0 Å². The summed E-state index contributed by atoms with van der Waals surface area (Å²) in [6.07, 6.45) is 8.77. The van der Waals surface area contributed by atoms with Crippen LogP contribution in [-0.4, -0.2) is 21.9 Å². The minimum absolute atomic E-state index is 0. The Kier molecular flexibility index (Phi) is 4.47. The molecule has 2 atom stereocenters. The van der Waals surface area contributed by atoms with Gasteiger partial charge in [-0.25, -0.2) is 0 Å². The summed E-state index contributed by atoms with van der Waals surface area (Å²) in [5.41, 5.74) is 6.45. The zero-order valence-electron chi connectivity index (χ0n) is 9.00. The molecule has 0 spiro atoms. The van der Waals surface area contributed by atoms with Crippen molar-refractivity contribution in [3.63, 3.8) is 0 Å². The number of nitrogens with one attached hydrogen (secondary N) is 1. The van der Waals surface area contributed by atoms with Crippen LogP contribution >= 0.6 is 24.8 Å². The molecule has 3 rings (SSSR count). The molecule has 3 heterocycles. The minimum Gasteiger partial charge on any atom is -0.396 e. The third-order valence-electron chi connectivity index (χ3n) is 3.44. The van der Waals surface area contributed by atoms with Crippen LogP contribution < -0.4 is 11.1 Å². The molecule has 2 unspecified atom stereocenters. The molecule has 2 aliphatic rings. The Hall–Kier alpha value is -0.450. The maximum Gasteiger partial charge on any atom is 0.0719 e. The quantitative estimate of drug-likeness (QED) is 0.813. The van der Waals surface area contributed by atoms with Gasteiger partial charge in [-0.1, -0.05) is 0 Å². The topological polar surface area (TPSA) is 55.9 Å². The SMILES string of the molecule is Cl.Cl.Nc1cnn(C2CC3CCC(C2)N3)c1. The van der Waals surface area contributed by atoms with Gasteiger partial charge in [-0.3, -0.25) is 4.68 Å². The highest BCUT2D eigenvalue weighted by molar-refractivity contribution is 5.85. The summed E-state index contributed by atoms with van der Waals surface area (Å²) in [4.78, 5) is 0. The van der Waals surface area contributed by atoms with Crippen molar-refractivity contribution in [2.45, 2.75) is 43.8 Å². The van der Waals surface area contributed by atoms with Crippen LogP contribution in [0.5, 0.6) is 0 Å². The molecule has 16 heavy (non-hydrogen) atoms. The van der Waals surface area contributed by atoms with Crippen molar-refractivity contribution >= 4 is 30.5 Å². The van der Waals surface area contributed by atoms with Gasteiger partial charge in [0.25, 0.3) is 0 Å². The summed E-state index contributed by atoms with van der Waals surface area (Å²) < 4.78 is 2.04. The summed E-state index contributed by atoms with van der Waals surface area (Å²) in [6.45, 7) is 0. The minimum atomic E-state index is 0. The first-order valence-electron chi connectivity index (χ1n) is 5.37. The number of rotatable bonds is 1. The summed E-state index contributed by atoms with van der Waals surface area (Å²) in [6, 6.07) is 1.99. The molecule has 1 aromatic heterocycles. The molecule has 0 amide bonds. The van der Waals surface area contributed by atoms with Gasteiger partial charge in [-0.2, -0.15) is 5.10 Å². The molecule has 4 nitrogen and oxygen atoms in total. The van der Waals surface area contributed by atoms with Gasteiger partial charge < -0.3 is 11.1 Å². The Bertz CT molecular complexity index is 329. The van der Waals surface area contributed by atoms with Crippen molar-refractivity contribution in [1.29, 1.82) is 0 Å². The van der Waals surface area contributed by atoms with E-state index in [-0.39, 0.29) is 24.8 Å². The van der Waals surface area contributed by atoms with E-state index in [2.05, 4.69) is 10.4 Å². The van der Waals surface area contributed by atoms with E-state index >= 15 is 0 Å². The van der Waals surface area contributed by atoms with E-state index in [1.165, 1.54) is 25.7 Å². The van der Waals surface area contributed by atoms with Gasteiger partial charge >= 0.3 is 0 Å². The van der Waals surface area contributed by atoms with Gasteiger partial charge in [-0.05, 0) is 25.7 Å². The zero-order chi connectivity index (χ0) is 9.54. The zero-order valence-corrected chi connectivity index (χ0v) is 10.6. The van der Waals surface area contributed by atoms with E-state index in [9.17, 15) is 0 Å². The number of nitrogen functional groups attached to an aromatic ring is 1. The molecule has 0 aliphatic carbocycles. The van der Waals surface area contributed by atoms with E-state index in [0.717, 1.165) is 5.69 Å². The lowest BCUT2D eigenvalue weighted by Gasteiger charge is -2.29. The maximum atomic E-state index is 5.67. The lowest BCUT2D eigenvalue weighted by Crippen LogP contribution is -2.38. The first-order chi connectivity index (χ1) is 6.81. The van der Waals surface area contributed by atoms with Crippen molar-refractivity contribution in [2.75, 3.05) is 5.73 Å². The van der Waals surface area contributed by atoms with E-state index < -0.39 is 0 Å². The number of nitrogens with two attached hydrogens (primary N) is 1. The van der Waals surface area contributed by atoms with Gasteiger partial charge in [-0.15, -0.1) is 24.8 Å². The van der Waals surface area contributed by atoms with E-state index in [0.29, 0.717) is 18.1 Å². The summed E-state index contributed by atoms with van der Waals surface area (Å²) in [5, 5.41) is 7.92. The molecule has 2 aliphatic heterocycles. The normalized spacial score (nSPS) is 31.6. The molecule has 1 aromatic rings. The molecular formula is C10H18Cl2N4. The second-order valence-corrected chi connectivity index (χ2v) is 4.52. The van der Waals surface area contributed by atoms with Gasteiger partial charge in [0.2, 0.25) is 0 Å². The van der Waals surface area contributed by atoms with E-state index in [1.807, 2.05) is 10.9 Å². The molecule has 3 N–H and O–H groups in total. The van der Waals surface area contributed by atoms with Crippen LogP contribution in [0.25, 0.3) is 0 Å². The summed E-state index contributed by atoms with van der Waals surface area (Å²) in [5.74, 6) is 0. The van der Waals surface area contributed by atoms with Crippen LogP contribution in [0.4, 0.5) is 5.69 Å². The third kappa shape index (κ3) is 2.44. The van der Waals surface area contributed by atoms with E-state index in [4.69, 9.17) is 5.73 Å². The highest BCUT2D eigenvalue weighted by Gasteiger charge is 2.34. The molecule has 2 fully saturated rings. The predicted molar refractivity (Wildman–Crippen MR) is 69.4 cm³/mol. The van der Waals surface area contributed by atoms with Gasteiger partial charge in [0.15, 0.2) is 0 Å². The number of nitrogens with zero attached hydrogens (tertiary/aromatic N) is 2. The second kappa shape index (κ2) is 5.25. The Morgan fingerprint density at radius 2 is 1.88 bits per heavy atom. The molecule has 6 heteroatoms. The number of hydrogen-bond acceptors (Lipinski definition) is 3. The average Bonchev–Trinajstić information content (AvgIpc) is 2.73. The molecule has 0 radical (unpaired) electrons. The fraction of sp³-hybridized carbons (Fsp3) is 0.700. The van der Waals surface area contributed by atoms with Gasteiger partial charge in [0, 0.05) is 18.3 Å². The number of aromatic nitrogens is 2. The molecule has 0 saturated carbocycles. The standard InChI is InChI=1S/C10H16N4.2ClH/c11-7-5-12-14(6-7)10-3-8-1-2-9(4-10)13-8;;/h5-6,8-10,13H,1-4,11H2;2*1H. The predicted octanol–water partition coefficient (Wildman–Crippen LogP) is 1.76. The van der Waals surface area contributed by atoms with Gasteiger partial charge in [0.05, 0.1) is 17.9 Å². The van der Waals surface area contributed by atoms with E-state index in [1.54, 1.807) is 6.20 Å². The van der Waals surface area contributed by atoms with Crippen molar-refractivity contribution in [1.82, 2.24) is 15.1 Å². The molecule has 0 aromatic carbocycles. The Morgan fingerprint density at radius 1 is 1.25 bits per heavy atom. The molecular weight excluding hydrogens is 247 g/mol. The van der Waals surface area contributed by atoms with Crippen LogP contribution in [0, 0.1) is 0 Å². The molecule has 92 valence electrons. The maximum absolute atomic E-state index is 5.67. The first kappa shape index (κ1) is 13.6. The van der Waals surface area contributed by atoms with Gasteiger partial charge in [0.1, 0.15) is 0 Å². The number of piperidine rings is 1. The van der Waals surface area contributed by atoms with Crippen molar-refractivity contribution in [2.24, 2.45) is 0 Å². The van der Waals surface area contributed by atoms with Crippen molar-refractivity contribution in [3.05, 3.63) is 12.4 Å². The third-order valence-corrected chi connectivity index (χ3v) is 3.44. The average molecular weight is 265 g/mol. The van der Waals surface area contributed by atoms with Crippen LogP contribution in [0.1, 0.15) is 31.7 Å². The number of fused-ring (bicyclic) bond motifs is 2. The largest absolute Gasteiger partial charge is 0.396 e. The highest BCUT2D eigenvalue weighted by atomic mass is 35.5. The smallest absolute Gasteiger partial charge is 0.0719 e. The number of halogens is 2. The lowest BCUT2D eigenvalue weighted by atomic mass is 10.0. The summed E-state index contributed by atoms with van der Waals surface area (Å²) >= 11 is 0. The van der Waals surface area contributed by atoms with Crippen molar-refractivity contribution in [3.8, 4) is 0 Å². The summed E-state index contributed by atoms with van der Waals surface area (Å²) in [7, 11) is 0. The molecule has 2 saturated heterocycles. The monoisotopic (exact) mass is 264 g/mol. The van der Waals surface area contributed by atoms with Crippen LogP contribution in [0.15, 0.2) is 12.4 Å². The Morgan fingerprint density at radius 3 is 2.38 bits per heavy atom.